The van der Waals surface area contributed by atoms with Crippen molar-refractivity contribution in [1.29, 1.82) is 0 Å². The molecule has 1 aromatic rings. The Hall–Kier alpha value is -1.84. The molecule has 0 bridgehead atoms. The molecule has 0 aromatic heterocycles. The second-order valence-corrected chi connectivity index (χ2v) is 3.83. The molecule has 17 heavy (non-hydrogen) atoms. The van der Waals surface area contributed by atoms with Crippen LogP contribution in [0.15, 0.2) is 18.2 Å². The highest BCUT2D eigenvalue weighted by Crippen LogP contribution is 2.12. The molecule has 1 aromatic carbocycles. The number of carbonyl (C=O) groups excluding carboxylic acids is 2. The van der Waals surface area contributed by atoms with E-state index in [-0.39, 0.29) is 24.8 Å². The van der Waals surface area contributed by atoms with Crippen molar-refractivity contribution >= 4 is 11.9 Å². The molecule has 92 valence electrons. The molecule has 0 fully saturated rings. The third-order valence-electron chi connectivity index (χ3n) is 2.35. The molecule has 0 saturated carbocycles. The fraction of sp³-hybridized carbons (Fsp3) is 0.385. The Morgan fingerprint density at radius 2 is 1.35 bits per heavy atom. The van der Waals surface area contributed by atoms with Gasteiger partial charge in [0, 0.05) is 0 Å². The van der Waals surface area contributed by atoms with Crippen molar-refractivity contribution in [2.45, 2.75) is 19.8 Å². The van der Waals surface area contributed by atoms with E-state index in [1.54, 1.807) is 0 Å². The molecule has 4 nitrogen and oxygen atoms in total. The van der Waals surface area contributed by atoms with Crippen LogP contribution < -0.4 is 0 Å². The standard InChI is InChI=1S/C13H16O4/c1-9-4-10(7-12(14)16-2)6-11(5-9)8-13(15)17-3/h4-6H,7-8H2,1-3H3. The second-order valence-electron chi connectivity index (χ2n) is 3.83. The maximum absolute atomic E-state index is 11.2. The molecule has 0 N–H and O–H groups in total. The minimum atomic E-state index is -0.292. The highest BCUT2D eigenvalue weighted by Gasteiger charge is 2.08. The smallest absolute Gasteiger partial charge is 0.309 e. The molecule has 0 aliphatic rings. The van der Waals surface area contributed by atoms with E-state index < -0.39 is 0 Å². The molecule has 0 spiro atoms. The lowest BCUT2D eigenvalue weighted by Crippen LogP contribution is -2.07. The van der Waals surface area contributed by atoms with Gasteiger partial charge in [0.1, 0.15) is 0 Å². The van der Waals surface area contributed by atoms with Crippen molar-refractivity contribution in [2.24, 2.45) is 0 Å². The average Bonchev–Trinajstić information content (AvgIpc) is 2.27. The Bertz CT molecular complexity index is 387. The van der Waals surface area contributed by atoms with Crippen molar-refractivity contribution < 1.29 is 19.1 Å². The molecule has 0 radical (unpaired) electrons. The van der Waals surface area contributed by atoms with Crippen LogP contribution in [-0.4, -0.2) is 26.2 Å². The quantitative estimate of drug-likeness (QED) is 0.742. The molecule has 0 aliphatic carbocycles. The van der Waals surface area contributed by atoms with Gasteiger partial charge < -0.3 is 9.47 Å². The Morgan fingerprint density at radius 1 is 0.941 bits per heavy atom. The van der Waals surface area contributed by atoms with Crippen molar-refractivity contribution in [3.05, 3.63) is 34.9 Å². The van der Waals surface area contributed by atoms with Crippen molar-refractivity contribution in [1.82, 2.24) is 0 Å². The predicted octanol–water partition coefficient (Wildman–Crippen LogP) is 1.43. The summed E-state index contributed by atoms with van der Waals surface area (Å²) in [5, 5.41) is 0. The normalized spacial score (nSPS) is 9.82. The van der Waals surface area contributed by atoms with E-state index in [0.29, 0.717) is 0 Å². The molecule has 0 amide bonds. The Morgan fingerprint density at radius 3 is 1.71 bits per heavy atom. The number of hydrogen-bond donors (Lipinski definition) is 0. The van der Waals surface area contributed by atoms with Crippen LogP contribution in [0.25, 0.3) is 0 Å². The summed E-state index contributed by atoms with van der Waals surface area (Å²) in [7, 11) is 2.71. The van der Waals surface area contributed by atoms with E-state index in [1.165, 1.54) is 14.2 Å². The zero-order valence-corrected chi connectivity index (χ0v) is 10.3. The van der Waals surface area contributed by atoms with Crippen LogP contribution in [0.3, 0.4) is 0 Å². The van der Waals surface area contributed by atoms with Crippen LogP contribution in [0.2, 0.25) is 0 Å². The zero-order chi connectivity index (χ0) is 12.8. The van der Waals surface area contributed by atoms with E-state index in [1.807, 2.05) is 25.1 Å². The van der Waals surface area contributed by atoms with E-state index in [0.717, 1.165) is 16.7 Å². The summed E-state index contributed by atoms with van der Waals surface area (Å²) in [6.45, 7) is 1.92. The highest BCUT2D eigenvalue weighted by atomic mass is 16.5. The number of hydrogen-bond acceptors (Lipinski definition) is 4. The summed E-state index contributed by atoms with van der Waals surface area (Å²) in [5.74, 6) is -0.584. The summed E-state index contributed by atoms with van der Waals surface area (Å²) in [5.41, 5.74) is 2.69. The Balaban J connectivity index is 2.86. The maximum Gasteiger partial charge on any atom is 0.309 e. The van der Waals surface area contributed by atoms with Gasteiger partial charge in [-0.05, 0) is 18.1 Å². The van der Waals surface area contributed by atoms with Gasteiger partial charge in [-0.15, -0.1) is 0 Å². The summed E-state index contributed by atoms with van der Waals surface area (Å²) < 4.78 is 9.21. The molecular weight excluding hydrogens is 220 g/mol. The van der Waals surface area contributed by atoms with Crippen LogP contribution in [0.5, 0.6) is 0 Å². The fourth-order valence-corrected chi connectivity index (χ4v) is 1.63. The van der Waals surface area contributed by atoms with E-state index in [9.17, 15) is 9.59 Å². The summed E-state index contributed by atoms with van der Waals surface area (Å²) in [4.78, 5) is 22.3. The number of aryl methyl sites for hydroxylation is 1. The monoisotopic (exact) mass is 236 g/mol. The largest absolute Gasteiger partial charge is 0.469 e. The highest BCUT2D eigenvalue weighted by molar-refractivity contribution is 5.74. The van der Waals surface area contributed by atoms with Crippen LogP contribution >= 0.6 is 0 Å². The number of esters is 2. The third-order valence-corrected chi connectivity index (χ3v) is 2.35. The van der Waals surface area contributed by atoms with Gasteiger partial charge in [-0.1, -0.05) is 23.8 Å². The van der Waals surface area contributed by atoms with Gasteiger partial charge in [0.25, 0.3) is 0 Å². The Kier molecular flexibility index (Phi) is 4.69. The molecule has 4 heteroatoms. The van der Waals surface area contributed by atoms with Crippen LogP contribution in [0, 0.1) is 6.92 Å². The van der Waals surface area contributed by atoms with Gasteiger partial charge in [-0.2, -0.15) is 0 Å². The van der Waals surface area contributed by atoms with Gasteiger partial charge in [-0.3, -0.25) is 9.59 Å². The van der Waals surface area contributed by atoms with Crippen molar-refractivity contribution in [3.8, 4) is 0 Å². The molecule has 0 saturated heterocycles. The minimum absolute atomic E-state index is 0.215. The summed E-state index contributed by atoms with van der Waals surface area (Å²) >= 11 is 0. The van der Waals surface area contributed by atoms with Crippen molar-refractivity contribution in [2.75, 3.05) is 14.2 Å². The molecule has 0 heterocycles. The average molecular weight is 236 g/mol. The fourth-order valence-electron chi connectivity index (χ4n) is 1.63. The first kappa shape index (κ1) is 13.2. The molecule has 1 rings (SSSR count). The van der Waals surface area contributed by atoms with Gasteiger partial charge in [-0.25, -0.2) is 0 Å². The van der Waals surface area contributed by atoms with Crippen LogP contribution in [-0.2, 0) is 31.9 Å². The van der Waals surface area contributed by atoms with E-state index in [4.69, 9.17) is 0 Å². The van der Waals surface area contributed by atoms with Crippen LogP contribution in [0.4, 0.5) is 0 Å². The number of carbonyl (C=O) groups is 2. The predicted molar refractivity (Wildman–Crippen MR) is 62.6 cm³/mol. The van der Waals surface area contributed by atoms with Gasteiger partial charge >= 0.3 is 11.9 Å². The second kappa shape index (κ2) is 6.03. The SMILES string of the molecule is COC(=O)Cc1cc(C)cc(CC(=O)OC)c1. The Labute approximate surface area is 101 Å². The van der Waals surface area contributed by atoms with Gasteiger partial charge in [0.2, 0.25) is 0 Å². The first-order valence-electron chi connectivity index (χ1n) is 5.28. The number of methoxy groups -OCH3 is 2. The summed E-state index contributed by atoms with van der Waals surface area (Å²) in [6, 6.07) is 5.62. The minimum Gasteiger partial charge on any atom is -0.469 e. The van der Waals surface area contributed by atoms with Crippen molar-refractivity contribution in [3.63, 3.8) is 0 Å². The zero-order valence-electron chi connectivity index (χ0n) is 10.3. The lowest BCUT2D eigenvalue weighted by Gasteiger charge is -2.06. The first-order valence-corrected chi connectivity index (χ1v) is 5.28. The first-order chi connectivity index (χ1) is 8.05. The number of benzene rings is 1. The molecular formula is C13H16O4. The molecule has 0 atom stereocenters. The van der Waals surface area contributed by atoms with Gasteiger partial charge in [0.15, 0.2) is 0 Å². The van der Waals surface area contributed by atoms with Crippen LogP contribution in [0.1, 0.15) is 16.7 Å². The summed E-state index contributed by atoms with van der Waals surface area (Å²) in [6.07, 6.45) is 0.429. The van der Waals surface area contributed by atoms with Gasteiger partial charge in [0.05, 0.1) is 27.1 Å². The molecule has 0 aliphatic heterocycles. The number of ether oxygens (including phenoxy) is 2. The molecule has 0 unspecified atom stereocenters. The topological polar surface area (TPSA) is 52.6 Å². The maximum atomic E-state index is 11.2. The lowest BCUT2D eigenvalue weighted by atomic mass is 10.0. The van der Waals surface area contributed by atoms with E-state index >= 15 is 0 Å². The number of rotatable bonds is 4. The lowest BCUT2D eigenvalue weighted by molar-refractivity contribution is -0.140. The van der Waals surface area contributed by atoms with E-state index in [2.05, 4.69) is 9.47 Å². The third kappa shape index (κ3) is 4.26.